The summed E-state index contributed by atoms with van der Waals surface area (Å²) in [5.74, 6) is 1.66. The van der Waals surface area contributed by atoms with Crippen LogP contribution in [0, 0.1) is 0 Å². The maximum absolute atomic E-state index is 12.2. The first-order chi connectivity index (χ1) is 10.4. The van der Waals surface area contributed by atoms with Gasteiger partial charge >= 0.3 is 6.03 Å². The molecule has 1 aliphatic heterocycles. The van der Waals surface area contributed by atoms with E-state index in [4.69, 9.17) is 0 Å². The van der Waals surface area contributed by atoms with E-state index in [0.717, 1.165) is 18.7 Å². The number of hydrogen-bond acceptors (Lipinski definition) is 4. The normalized spacial score (nSPS) is 17.9. The quantitative estimate of drug-likeness (QED) is 0.876. The molecule has 8 heteroatoms. The third kappa shape index (κ3) is 2.95. The van der Waals surface area contributed by atoms with Crippen LogP contribution in [0.1, 0.15) is 33.0 Å². The standard InChI is InChI=1S/C14H21N7O/c1-14(2,3)21-12(6-7-16-21)19-13(22)18-10-4-5-11-15-9-17-20(11)8-10/h6-7,9-10H,4-5,8H2,1-3H3,(H2,18,19,22)/t10-/m0/s1. The fraction of sp³-hybridized carbons (Fsp3) is 0.571. The highest BCUT2D eigenvalue weighted by molar-refractivity contribution is 5.88. The van der Waals surface area contributed by atoms with Gasteiger partial charge in [-0.25, -0.2) is 19.1 Å². The van der Waals surface area contributed by atoms with Gasteiger partial charge in [0.05, 0.1) is 24.3 Å². The largest absolute Gasteiger partial charge is 0.333 e. The molecule has 0 spiro atoms. The number of hydrogen-bond donors (Lipinski definition) is 2. The second kappa shape index (κ2) is 5.43. The van der Waals surface area contributed by atoms with Gasteiger partial charge in [-0.3, -0.25) is 5.32 Å². The average molecular weight is 303 g/mol. The van der Waals surface area contributed by atoms with Crippen molar-refractivity contribution in [3.05, 3.63) is 24.4 Å². The molecule has 2 amide bonds. The lowest BCUT2D eigenvalue weighted by molar-refractivity contribution is 0.243. The minimum atomic E-state index is -0.223. The van der Waals surface area contributed by atoms with Crippen molar-refractivity contribution in [2.75, 3.05) is 5.32 Å². The summed E-state index contributed by atoms with van der Waals surface area (Å²) in [7, 11) is 0. The topological polar surface area (TPSA) is 89.7 Å². The van der Waals surface area contributed by atoms with Crippen molar-refractivity contribution >= 4 is 11.8 Å². The molecule has 0 bridgehead atoms. The van der Waals surface area contributed by atoms with Crippen LogP contribution in [0.4, 0.5) is 10.6 Å². The van der Waals surface area contributed by atoms with Gasteiger partial charge in [0.2, 0.25) is 0 Å². The Hall–Kier alpha value is -2.38. The molecule has 22 heavy (non-hydrogen) atoms. The molecular weight excluding hydrogens is 282 g/mol. The van der Waals surface area contributed by atoms with Gasteiger partial charge in [-0.05, 0) is 27.2 Å². The minimum absolute atomic E-state index is 0.0557. The summed E-state index contributed by atoms with van der Waals surface area (Å²) in [6, 6.07) is 1.63. The Labute approximate surface area is 128 Å². The molecular formula is C14H21N7O. The Morgan fingerprint density at radius 1 is 1.36 bits per heavy atom. The van der Waals surface area contributed by atoms with Crippen LogP contribution in [-0.2, 0) is 18.5 Å². The third-order valence-corrected chi connectivity index (χ3v) is 3.66. The summed E-state index contributed by atoms with van der Waals surface area (Å²) in [6.45, 7) is 6.77. The minimum Gasteiger partial charge on any atom is -0.333 e. The van der Waals surface area contributed by atoms with Crippen molar-refractivity contribution in [3.8, 4) is 0 Å². The Bertz CT molecular complexity index is 667. The van der Waals surface area contributed by atoms with E-state index in [-0.39, 0.29) is 17.6 Å². The van der Waals surface area contributed by atoms with Gasteiger partial charge in [-0.15, -0.1) is 0 Å². The number of aromatic nitrogens is 5. The fourth-order valence-electron chi connectivity index (χ4n) is 2.63. The molecule has 0 aromatic carbocycles. The smallest absolute Gasteiger partial charge is 0.320 e. The molecule has 3 rings (SSSR count). The number of anilines is 1. The van der Waals surface area contributed by atoms with Crippen molar-refractivity contribution in [2.24, 2.45) is 0 Å². The number of nitrogens with one attached hydrogen (secondary N) is 2. The highest BCUT2D eigenvalue weighted by Gasteiger charge is 2.23. The average Bonchev–Trinajstić information content (AvgIpc) is 3.05. The van der Waals surface area contributed by atoms with Gasteiger partial charge in [0.25, 0.3) is 0 Å². The molecule has 0 saturated heterocycles. The summed E-state index contributed by atoms with van der Waals surface area (Å²) < 4.78 is 3.64. The van der Waals surface area contributed by atoms with Crippen molar-refractivity contribution in [3.63, 3.8) is 0 Å². The van der Waals surface area contributed by atoms with Gasteiger partial charge in [0.1, 0.15) is 18.0 Å². The van der Waals surface area contributed by atoms with Crippen molar-refractivity contribution < 1.29 is 4.79 Å². The number of rotatable bonds is 2. The first-order valence-electron chi connectivity index (χ1n) is 7.42. The molecule has 2 N–H and O–H groups in total. The number of aryl methyl sites for hydroxylation is 1. The zero-order valence-electron chi connectivity index (χ0n) is 13.1. The lowest BCUT2D eigenvalue weighted by Gasteiger charge is -2.25. The molecule has 2 aromatic heterocycles. The summed E-state index contributed by atoms with van der Waals surface area (Å²) in [5.41, 5.74) is -0.188. The van der Waals surface area contributed by atoms with Crippen molar-refractivity contribution in [1.82, 2.24) is 29.9 Å². The molecule has 118 valence electrons. The molecule has 1 atom stereocenters. The monoisotopic (exact) mass is 303 g/mol. The summed E-state index contributed by atoms with van der Waals surface area (Å²) in [4.78, 5) is 16.4. The van der Waals surface area contributed by atoms with Gasteiger partial charge in [-0.2, -0.15) is 10.2 Å². The number of fused-ring (bicyclic) bond motifs is 1. The first kappa shape index (κ1) is 14.6. The van der Waals surface area contributed by atoms with Gasteiger partial charge in [-0.1, -0.05) is 0 Å². The van der Waals surface area contributed by atoms with Gasteiger partial charge < -0.3 is 5.32 Å². The van der Waals surface area contributed by atoms with Crippen LogP contribution in [0.2, 0.25) is 0 Å². The fourth-order valence-corrected chi connectivity index (χ4v) is 2.63. The Morgan fingerprint density at radius 3 is 2.95 bits per heavy atom. The van der Waals surface area contributed by atoms with Crippen molar-refractivity contribution in [1.29, 1.82) is 0 Å². The summed E-state index contributed by atoms with van der Waals surface area (Å²) in [6.07, 6.45) is 4.93. The Balaban J connectivity index is 1.61. The molecule has 0 saturated carbocycles. The molecule has 0 unspecified atom stereocenters. The van der Waals surface area contributed by atoms with E-state index < -0.39 is 0 Å². The number of nitrogens with zero attached hydrogens (tertiary/aromatic N) is 5. The molecule has 2 aromatic rings. The van der Waals surface area contributed by atoms with Crippen LogP contribution < -0.4 is 10.6 Å². The Kier molecular flexibility index (Phi) is 3.59. The van der Waals surface area contributed by atoms with Crippen LogP contribution >= 0.6 is 0 Å². The summed E-state index contributed by atoms with van der Waals surface area (Å²) >= 11 is 0. The highest BCUT2D eigenvalue weighted by Crippen LogP contribution is 2.19. The van der Waals surface area contributed by atoms with E-state index in [9.17, 15) is 4.79 Å². The van der Waals surface area contributed by atoms with E-state index in [1.807, 2.05) is 25.5 Å². The zero-order chi connectivity index (χ0) is 15.7. The van der Waals surface area contributed by atoms with Crippen LogP contribution in [0.25, 0.3) is 0 Å². The zero-order valence-corrected chi connectivity index (χ0v) is 13.1. The van der Waals surface area contributed by atoms with E-state index in [1.54, 1.807) is 23.3 Å². The second-order valence-corrected chi connectivity index (χ2v) is 6.49. The van der Waals surface area contributed by atoms with Crippen LogP contribution in [-0.4, -0.2) is 36.6 Å². The van der Waals surface area contributed by atoms with Crippen LogP contribution in [0.5, 0.6) is 0 Å². The first-order valence-corrected chi connectivity index (χ1v) is 7.42. The maximum atomic E-state index is 12.2. The molecule has 3 heterocycles. The van der Waals surface area contributed by atoms with E-state index in [1.165, 1.54) is 0 Å². The number of carbonyl (C=O) groups is 1. The molecule has 0 aliphatic carbocycles. The van der Waals surface area contributed by atoms with Crippen LogP contribution in [0.15, 0.2) is 18.6 Å². The summed E-state index contributed by atoms with van der Waals surface area (Å²) in [5, 5.41) is 14.3. The van der Waals surface area contributed by atoms with E-state index in [2.05, 4.69) is 25.8 Å². The molecule has 0 fully saturated rings. The van der Waals surface area contributed by atoms with Crippen LogP contribution in [0.3, 0.4) is 0 Å². The molecule has 0 radical (unpaired) electrons. The number of urea groups is 1. The number of amides is 2. The SMILES string of the molecule is CC(C)(C)n1nccc1NC(=O)N[C@H]1CCc2ncnn2C1. The maximum Gasteiger partial charge on any atom is 0.320 e. The van der Waals surface area contributed by atoms with E-state index in [0.29, 0.717) is 12.4 Å². The lowest BCUT2D eigenvalue weighted by atomic mass is 10.1. The highest BCUT2D eigenvalue weighted by atomic mass is 16.2. The number of carbonyl (C=O) groups excluding carboxylic acids is 1. The van der Waals surface area contributed by atoms with Gasteiger partial charge in [0.15, 0.2) is 0 Å². The van der Waals surface area contributed by atoms with E-state index >= 15 is 0 Å². The van der Waals surface area contributed by atoms with Crippen molar-refractivity contribution in [2.45, 2.75) is 51.7 Å². The van der Waals surface area contributed by atoms with Gasteiger partial charge in [0, 0.05) is 12.5 Å². The predicted molar refractivity (Wildman–Crippen MR) is 81.5 cm³/mol. The second-order valence-electron chi connectivity index (χ2n) is 6.49. The third-order valence-electron chi connectivity index (χ3n) is 3.66. The molecule has 8 nitrogen and oxygen atoms in total. The lowest BCUT2D eigenvalue weighted by Crippen LogP contribution is -2.43. The molecule has 1 aliphatic rings. The Morgan fingerprint density at radius 2 is 2.18 bits per heavy atom. The predicted octanol–water partition coefficient (Wildman–Crippen LogP) is 1.37.